The van der Waals surface area contributed by atoms with Gasteiger partial charge in [0.15, 0.2) is 0 Å². The van der Waals surface area contributed by atoms with Crippen molar-refractivity contribution in [2.24, 2.45) is 11.7 Å². The molecule has 1 atom stereocenters. The first-order valence-electron chi connectivity index (χ1n) is 3.48. The Labute approximate surface area is 60.4 Å². The Hall–Kier alpha value is -0.630. The molecule has 0 heterocycles. The molecular formula is C8H12FN. The van der Waals surface area contributed by atoms with Gasteiger partial charge in [-0.3, -0.25) is 0 Å². The van der Waals surface area contributed by atoms with E-state index in [0.29, 0.717) is 6.54 Å². The van der Waals surface area contributed by atoms with Crippen molar-refractivity contribution >= 4 is 0 Å². The van der Waals surface area contributed by atoms with Gasteiger partial charge in [0.1, 0.15) is 5.83 Å². The van der Waals surface area contributed by atoms with Crippen molar-refractivity contribution < 1.29 is 4.39 Å². The zero-order valence-electron chi connectivity index (χ0n) is 6.10. The Morgan fingerprint density at radius 2 is 2.50 bits per heavy atom. The first-order chi connectivity index (χ1) is 4.74. The van der Waals surface area contributed by atoms with Gasteiger partial charge >= 0.3 is 0 Å². The summed E-state index contributed by atoms with van der Waals surface area (Å²) in [6.45, 7) is 2.32. The number of allylic oxidation sites excluding steroid dienone is 3. The molecule has 1 rings (SSSR count). The van der Waals surface area contributed by atoms with Crippen molar-refractivity contribution in [1.82, 2.24) is 0 Å². The van der Waals surface area contributed by atoms with E-state index in [-0.39, 0.29) is 11.7 Å². The highest BCUT2D eigenvalue weighted by Gasteiger charge is 2.10. The molecule has 0 aliphatic heterocycles. The molecule has 0 fully saturated rings. The minimum atomic E-state index is -0.110. The van der Waals surface area contributed by atoms with E-state index in [1.165, 1.54) is 0 Å². The summed E-state index contributed by atoms with van der Waals surface area (Å²) >= 11 is 0. The van der Waals surface area contributed by atoms with E-state index >= 15 is 0 Å². The predicted molar refractivity (Wildman–Crippen MR) is 40.1 cm³/mol. The predicted octanol–water partition coefficient (Wildman–Crippen LogP) is 1.76. The average Bonchev–Trinajstić information content (AvgIpc) is 1.95. The van der Waals surface area contributed by atoms with E-state index in [2.05, 4.69) is 0 Å². The van der Waals surface area contributed by atoms with Crippen LogP contribution in [0.25, 0.3) is 0 Å². The van der Waals surface area contributed by atoms with Gasteiger partial charge < -0.3 is 5.73 Å². The largest absolute Gasteiger partial charge is 0.330 e. The molecule has 0 bridgehead atoms. The molecule has 0 aromatic carbocycles. The number of hydrogen-bond acceptors (Lipinski definition) is 1. The molecule has 0 spiro atoms. The molecule has 0 saturated carbocycles. The number of halogens is 1. The number of hydrogen-bond donors (Lipinski definition) is 1. The molecular weight excluding hydrogens is 129 g/mol. The zero-order valence-corrected chi connectivity index (χ0v) is 6.10. The van der Waals surface area contributed by atoms with Gasteiger partial charge in [0.25, 0.3) is 0 Å². The monoisotopic (exact) mass is 141 g/mol. The normalized spacial score (nSPS) is 25.7. The fraction of sp³-hybridized carbons (Fsp3) is 0.500. The van der Waals surface area contributed by atoms with E-state index in [1.807, 2.05) is 6.08 Å². The molecule has 0 aromatic rings. The molecule has 1 nitrogen and oxygen atoms in total. The summed E-state index contributed by atoms with van der Waals surface area (Å²) in [5, 5.41) is 0. The van der Waals surface area contributed by atoms with E-state index in [0.717, 1.165) is 12.0 Å². The molecule has 0 aromatic heterocycles. The SMILES string of the molecule is CC1=CCC(CN)C=C1F. The molecule has 0 amide bonds. The minimum absolute atomic E-state index is 0.110. The number of nitrogens with two attached hydrogens (primary N) is 1. The molecule has 1 aliphatic rings. The summed E-state index contributed by atoms with van der Waals surface area (Å²) in [4.78, 5) is 0. The van der Waals surface area contributed by atoms with Crippen LogP contribution in [0.1, 0.15) is 13.3 Å². The van der Waals surface area contributed by atoms with Crippen molar-refractivity contribution in [2.75, 3.05) is 6.54 Å². The summed E-state index contributed by atoms with van der Waals surface area (Å²) in [5.74, 6) is 0.102. The van der Waals surface area contributed by atoms with Gasteiger partial charge in [0.05, 0.1) is 0 Å². The first kappa shape index (κ1) is 7.48. The maximum atomic E-state index is 12.8. The molecule has 2 heteroatoms. The van der Waals surface area contributed by atoms with Gasteiger partial charge in [-0.25, -0.2) is 4.39 Å². The van der Waals surface area contributed by atoms with Gasteiger partial charge in [0.2, 0.25) is 0 Å². The maximum absolute atomic E-state index is 12.8. The molecule has 10 heavy (non-hydrogen) atoms. The van der Waals surface area contributed by atoms with Gasteiger partial charge in [-0.2, -0.15) is 0 Å². The molecule has 2 N–H and O–H groups in total. The van der Waals surface area contributed by atoms with E-state index in [1.54, 1.807) is 13.0 Å². The second-order valence-electron chi connectivity index (χ2n) is 2.63. The van der Waals surface area contributed by atoms with Crippen molar-refractivity contribution in [3.8, 4) is 0 Å². The van der Waals surface area contributed by atoms with Crippen LogP contribution in [0.15, 0.2) is 23.6 Å². The van der Waals surface area contributed by atoms with Crippen molar-refractivity contribution in [3.63, 3.8) is 0 Å². The second-order valence-corrected chi connectivity index (χ2v) is 2.63. The summed E-state index contributed by atoms with van der Waals surface area (Å²) in [6.07, 6.45) is 4.39. The third-order valence-electron chi connectivity index (χ3n) is 1.79. The smallest absolute Gasteiger partial charge is 0.122 e. The van der Waals surface area contributed by atoms with Crippen LogP contribution >= 0.6 is 0 Å². The Balaban J connectivity index is 2.66. The highest BCUT2D eigenvalue weighted by atomic mass is 19.1. The molecule has 1 unspecified atom stereocenters. The highest BCUT2D eigenvalue weighted by Crippen LogP contribution is 2.22. The second kappa shape index (κ2) is 2.97. The minimum Gasteiger partial charge on any atom is -0.330 e. The number of rotatable bonds is 1. The Bertz CT molecular complexity index is 182. The lowest BCUT2D eigenvalue weighted by Gasteiger charge is -2.13. The summed E-state index contributed by atoms with van der Waals surface area (Å²) in [5.41, 5.74) is 6.11. The van der Waals surface area contributed by atoms with Crippen LogP contribution in [0.4, 0.5) is 4.39 Å². The quantitative estimate of drug-likeness (QED) is 0.591. The van der Waals surface area contributed by atoms with Crippen LogP contribution in [0, 0.1) is 5.92 Å². The Morgan fingerprint density at radius 1 is 1.80 bits per heavy atom. The van der Waals surface area contributed by atoms with Gasteiger partial charge in [-0.15, -0.1) is 0 Å². The highest BCUT2D eigenvalue weighted by molar-refractivity contribution is 5.27. The summed E-state index contributed by atoms with van der Waals surface area (Å²) in [6, 6.07) is 0. The van der Waals surface area contributed by atoms with E-state index in [4.69, 9.17) is 5.73 Å². The standard InChI is InChI=1S/C8H12FN/c1-6-2-3-7(5-10)4-8(6)9/h2,4,7H,3,5,10H2,1H3. The first-order valence-corrected chi connectivity index (χ1v) is 3.48. The Morgan fingerprint density at radius 3 is 3.00 bits per heavy atom. The van der Waals surface area contributed by atoms with Crippen LogP contribution in [0.3, 0.4) is 0 Å². The van der Waals surface area contributed by atoms with Gasteiger partial charge in [0, 0.05) is 0 Å². The van der Waals surface area contributed by atoms with Crippen LogP contribution in [0.2, 0.25) is 0 Å². The third kappa shape index (κ3) is 1.45. The van der Waals surface area contributed by atoms with Crippen LogP contribution < -0.4 is 5.73 Å². The topological polar surface area (TPSA) is 26.0 Å². The molecule has 0 radical (unpaired) electrons. The van der Waals surface area contributed by atoms with E-state index in [9.17, 15) is 4.39 Å². The Kier molecular flexibility index (Phi) is 2.22. The van der Waals surface area contributed by atoms with Crippen LogP contribution in [0.5, 0.6) is 0 Å². The van der Waals surface area contributed by atoms with Gasteiger partial charge in [-0.1, -0.05) is 6.08 Å². The van der Waals surface area contributed by atoms with Crippen molar-refractivity contribution in [1.29, 1.82) is 0 Å². The maximum Gasteiger partial charge on any atom is 0.122 e. The molecule has 0 saturated heterocycles. The fourth-order valence-electron chi connectivity index (χ4n) is 0.996. The third-order valence-corrected chi connectivity index (χ3v) is 1.79. The summed E-state index contributed by atoms with van der Waals surface area (Å²) < 4.78 is 12.8. The van der Waals surface area contributed by atoms with Crippen molar-refractivity contribution in [2.45, 2.75) is 13.3 Å². The van der Waals surface area contributed by atoms with Crippen molar-refractivity contribution in [3.05, 3.63) is 23.6 Å². The average molecular weight is 141 g/mol. The van der Waals surface area contributed by atoms with E-state index < -0.39 is 0 Å². The lowest BCUT2D eigenvalue weighted by Crippen LogP contribution is -2.13. The summed E-state index contributed by atoms with van der Waals surface area (Å²) in [7, 11) is 0. The van der Waals surface area contributed by atoms with Gasteiger partial charge in [-0.05, 0) is 37.5 Å². The lowest BCUT2D eigenvalue weighted by atomic mass is 9.97. The zero-order chi connectivity index (χ0) is 7.56. The van der Waals surface area contributed by atoms with Crippen LogP contribution in [-0.4, -0.2) is 6.54 Å². The lowest BCUT2D eigenvalue weighted by molar-refractivity contribution is 0.582. The molecule has 1 aliphatic carbocycles. The fourth-order valence-corrected chi connectivity index (χ4v) is 0.996. The molecule has 56 valence electrons. The van der Waals surface area contributed by atoms with Crippen LogP contribution in [-0.2, 0) is 0 Å².